The van der Waals surface area contributed by atoms with Crippen LogP contribution >= 0.6 is 11.3 Å². The second-order valence-corrected chi connectivity index (χ2v) is 5.95. The predicted octanol–water partition coefficient (Wildman–Crippen LogP) is 3.17. The van der Waals surface area contributed by atoms with Crippen molar-refractivity contribution in [1.82, 2.24) is 5.43 Å². The van der Waals surface area contributed by atoms with E-state index in [0.717, 1.165) is 4.88 Å². The van der Waals surface area contributed by atoms with Crippen molar-refractivity contribution < 1.29 is 9.59 Å². The van der Waals surface area contributed by atoms with Crippen LogP contribution in [0.25, 0.3) is 0 Å². The SMILES string of the molecule is CCC(=O)Nc1ccc(C(=O)N/N=C\c2ccc(C)s2)cc1. The number of rotatable bonds is 5. The Labute approximate surface area is 133 Å². The highest BCUT2D eigenvalue weighted by Crippen LogP contribution is 2.12. The molecule has 2 amide bonds. The van der Waals surface area contributed by atoms with Crippen molar-refractivity contribution in [1.29, 1.82) is 0 Å². The lowest BCUT2D eigenvalue weighted by Crippen LogP contribution is -2.17. The molecule has 2 N–H and O–H groups in total. The van der Waals surface area contributed by atoms with Crippen molar-refractivity contribution in [2.24, 2.45) is 5.10 Å². The maximum Gasteiger partial charge on any atom is 0.271 e. The van der Waals surface area contributed by atoms with Crippen LogP contribution < -0.4 is 10.7 Å². The summed E-state index contributed by atoms with van der Waals surface area (Å²) in [7, 11) is 0. The molecule has 1 heterocycles. The maximum absolute atomic E-state index is 11.9. The first-order valence-electron chi connectivity index (χ1n) is 6.88. The van der Waals surface area contributed by atoms with Crippen molar-refractivity contribution in [2.75, 3.05) is 5.32 Å². The zero-order chi connectivity index (χ0) is 15.9. The van der Waals surface area contributed by atoms with Gasteiger partial charge in [-0.15, -0.1) is 11.3 Å². The van der Waals surface area contributed by atoms with Gasteiger partial charge in [0.25, 0.3) is 5.91 Å². The number of amides is 2. The number of hydrazone groups is 1. The lowest BCUT2D eigenvalue weighted by molar-refractivity contribution is -0.115. The molecule has 0 aliphatic rings. The van der Waals surface area contributed by atoms with Gasteiger partial charge >= 0.3 is 0 Å². The maximum atomic E-state index is 11.9. The topological polar surface area (TPSA) is 70.6 Å². The molecular formula is C16H17N3O2S. The van der Waals surface area contributed by atoms with Gasteiger partial charge in [0.2, 0.25) is 5.91 Å². The van der Waals surface area contributed by atoms with Gasteiger partial charge in [0.05, 0.1) is 6.21 Å². The van der Waals surface area contributed by atoms with Gasteiger partial charge < -0.3 is 5.32 Å². The average molecular weight is 315 g/mol. The first kappa shape index (κ1) is 15.9. The van der Waals surface area contributed by atoms with Crippen LogP contribution in [0.5, 0.6) is 0 Å². The number of aryl methyl sites for hydroxylation is 1. The Morgan fingerprint density at radius 3 is 2.50 bits per heavy atom. The summed E-state index contributed by atoms with van der Waals surface area (Å²) in [6.45, 7) is 3.80. The second kappa shape index (κ2) is 7.51. The molecular weight excluding hydrogens is 298 g/mol. The molecule has 0 aliphatic heterocycles. The third-order valence-electron chi connectivity index (χ3n) is 2.87. The molecule has 0 fully saturated rings. The fourth-order valence-corrected chi connectivity index (χ4v) is 2.45. The normalized spacial score (nSPS) is 10.6. The zero-order valence-electron chi connectivity index (χ0n) is 12.4. The molecule has 2 rings (SSSR count). The Morgan fingerprint density at radius 2 is 1.91 bits per heavy atom. The van der Waals surface area contributed by atoms with Gasteiger partial charge in [-0.3, -0.25) is 9.59 Å². The Morgan fingerprint density at radius 1 is 1.18 bits per heavy atom. The van der Waals surface area contributed by atoms with E-state index in [4.69, 9.17) is 0 Å². The van der Waals surface area contributed by atoms with E-state index in [2.05, 4.69) is 15.8 Å². The molecule has 0 atom stereocenters. The van der Waals surface area contributed by atoms with Crippen LogP contribution in [0.3, 0.4) is 0 Å². The first-order chi connectivity index (χ1) is 10.6. The van der Waals surface area contributed by atoms with Crippen LogP contribution in [0, 0.1) is 6.92 Å². The predicted molar refractivity (Wildman–Crippen MR) is 89.5 cm³/mol. The smallest absolute Gasteiger partial charge is 0.271 e. The number of nitrogens with zero attached hydrogens (tertiary/aromatic N) is 1. The number of carbonyl (C=O) groups excluding carboxylic acids is 2. The van der Waals surface area contributed by atoms with E-state index in [1.165, 1.54) is 4.88 Å². The van der Waals surface area contributed by atoms with Crippen molar-refractivity contribution in [2.45, 2.75) is 20.3 Å². The zero-order valence-corrected chi connectivity index (χ0v) is 13.2. The summed E-state index contributed by atoms with van der Waals surface area (Å²) in [5.41, 5.74) is 3.63. The highest BCUT2D eigenvalue weighted by molar-refractivity contribution is 7.13. The third-order valence-corrected chi connectivity index (χ3v) is 3.81. The minimum atomic E-state index is -0.294. The number of anilines is 1. The molecule has 0 saturated heterocycles. The fraction of sp³-hybridized carbons (Fsp3) is 0.188. The molecule has 1 aromatic carbocycles. The van der Waals surface area contributed by atoms with Crippen LogP contribution in [0.2, 0.25) is 0 Å². The molecule has 2 aromatic rings. The molecule has 0 spiro atoms. The summed E-state index contributed by atoms with van der Waals surface area (Å²) in [5, 5.41) is 6.66. The van der Waals surface area contributed by atoms with E-state index < -0.39 is 0 Å². The summed E-state index contributed by atoms with van der Waals surface area (Å²) >= 11 is 1.60. The largest absolute Gasteiger partial charge is 0.326 e. The van der Waals surface area contributed by atoms with Gasteiger partial charge in [0, 0.05) is 27.4 Å². The lowest BCUT2D eigenvalue weighted by atomic mass is 10.2. The molecule has 22 heavy (non-hydrogen) atoms. The Balaban J connectivity index is 1.92. The monoisotopic (exact) mass is 315 g/mol. The Hall–Kier alpha value is -2.47. The molecule has 1 aromatic heterocycles. The number of carbonyl (C=O) groups is 2. The minimum Gasteiger partial charge on any atom is -0.326 e. The summed E-state index contributed by atoms with van der Waals surface area (Å²) in [6.07, 6.45) is 2.03. The number of hydrogen-bond donors (Lipinski definition) is 2. The number of thiophene rings is 1. The van der Waals surface area contributed by atoms with Crippen molar-refractivity contribution >= 4 is 35.1 Å². The Bertz CT molecular complexity index is 690. The standard InChI is InChI=1S/C16H17N3O2S/c1-3-15(20)18-13-7-5-12(6-8-13)16(21)19-17-10-14-9-4-11(2)22-14/h4-10H,3H2,1-2H3,(H,18,20)(H,19,21)/b17-10-. The quantitative estimate of drug-likeness (QED) is 0.657. The third kappa shape index (κ3) is 4.53. The summed E-state index contributed by atoms with van der Waals surface area (Å²) < 4.78 is 0. The van der Waals surface area contributed by atoms with Crippen molar-refractivity contribution in [3.63, 3.8) is 0 Å². The summed E-state index contributed by atoms with van der Waals surface area (Å²) in [6, 6.07) is 10.6. The van der Waals surface area contributed by atoms with E-state index in [1.54, 1.807) is 48.7 Å². The number of hydrogen-bond acceptors (Lipinski definition) is 4. The first-order valence-corrected chi connectivity index (χ1v) is 7.70. The van der Waals surface area contributed by atoms with E-state index in [0.29, 0.717) is 17.7 Å². The van der Waals surface area contributed by atoms with E-state index in [-0.39, 0.29) is 11.8 Å². The van der Waals surface area contributed by atoms with E-state index in [1.807, 2.05) is 19.1 Å². The fourth-order valence-electron chi connectivity index (χ4n) is 1.70. The summed E-state index contributed by atoms with van der Waals surface area (Å²) in [4.78, 5) is 25.4. The van der Waals surface area contributed by atoms with Crippen LogP contribution in [-0.2, 0) is 4.79 Å². The molecule has 0 radical (unpaired) electrons. The van der Waals surface area contributed by atoms with Gasteiger partial charge in [-0.2, -0.15) is 5.10 Å². The molecule has 0 aliphatic carbocycles. The van der Waals surface area contributed by atoms with Crippen LogP contribution in [0.15, 0.2) is 41.5 Å². The molecule has 6 heteroatoms. The molecule has 0 bridgehead atoms. The Kier molecular flexibility index (Phi) is 5.43. The molecule has 5 nitrogen and oxygen atoms in total. The van der Waals surface area contributed by atoms with Crippen LogP contribution in [0.1, 0.15) is 33.5 Å². The van der Waals surface area contributed by atoms with Crippen molar-refractivity contribution in [3.05, 3.63) is 51.7 Å². The molecule has 114 valence electrons. The molecule has 0 unspecified atom stereocenters. The van der Waals surface area contributed by atoms with Crippen LogP contribution in [-0.4, -0.2) is 18.0 Å². The second-order valence-electron chi connectivity index (χ2n) is 4.63. The lowest BCUT2D eigenvalue weighted by Gasteiger charge is -2.04. The van der Waals surface area contributed by atoms with Gasteiger partial charge in [-0.05, 0) is 43.3 Å². The van der Waals surface area contributed by atoms with Gasteiger partial charge in [0.1, 0.15) is 0 Å². The average Bonchev–Trinajstić information content (AvgIpc) is 2.93. The van der Waals surface area contributed by atoms with Gasteiger partial charge in [-0.25, -0.2) is 5.43 Å². The van der Waals surface area contributed by atoms with E-state index >= 15 is 0 Å². The van der Waals surface area contributed by atoms with Gasteiger partial charge in [0.15, 0.2) is 0 Å². The van der Waals surface area contributed by atoms with Gasteiger partial charge in [-0.1, -0.05) is 6.92 Å². The summed E-state index contributed by atoms with van der Waals surface area (Å²) in [5.74, 6) is -0.356. The minimum absolute atomic E-state index is 0.0620. The number of benzene rings is 1. The highest BCUT2D eigenvalue weighted by atomic mass is 32.1. The number of nitrogens with one attached hydrogen (secondary N) is 2. The molecule has 0 saturated carbocycles. The highest BCUT2D eigenvalue weighted by Gasteiger charge is 2.05. The van der Waals surface area contributed by atoms with E-state index in [9.17, 15) is 9.59 Å². The van der Waals surface area contributed by atoms with Crippen molar-refractivity contribution in [3.8, 4) is 0 Å². The van der Waals surface area contributed by atoms with Crippen LogP contribution in [0.4, 0.5) is 5.69 Å².